The van der Waals surface area contributed by atoms with Gasteiger partial charge in [-0.15, -0.1) is 0 Å². The molecule has 2 saturated carbocycles. The molecule has 0 saturated heterocycles. The molecule has 1 aromatic carbocycles. The Morgan fingerprint density at radius 1 is 0.828 bits per heavy atom. The van der Waals surface area contributed by atoms with Crippen LogP contribution in [0.4, 0.5) is 5.69 Å². The summed E-state index contributed by atoms with van der Waals surface area (Å²) in [6.07, 6.45) is 8.67. The lowest BCUT2D eigenvalue weighted by molar-refractivity contribution is 0.111. The van der Waals surface area contributed by atoms with Crippen molar-refractivity contribution in [2.75, 3.05) is 5.73 Å². The summed E-state index contributed by atoms with van der Waals surface area (Å²) in [6, 6.07) is 4.00. The summed E-state index contributed by atoms with van der Waals surface area (Å²) in [5.74, 6) is 4.97. The molecule has 3 rings (SSSR count). The van der Waals surface area contributed by atoms with E-state index in [0.29, 0.717) is 35.5 Å². The molecule has 2 N–H and O–H groups in total. The second-order valence-corrected chi connectivity index (χ2v) is 11.1. The Morgan fingerprint density at radius 3 is 1.76 bits per heavy atom. The molecular weight excluding hydrogens is 354 g/mol. The first-order valence-corrected chi connectivity index (χ1v) is 12.1. The summed E-state index contributed by atoms with van der Waals surface area (Å²) in [5.41, 5.74) is 11.2. The molecule has 2 aliphatic carbocycles. The van der Waals surface area contributed by atoms with Crippen molar-refractivity contribution in [2.45, 2.75) is 91.9 Å². The lowest BCUT2D eigenvalue weighted by Crippen LogP contribution is -2.31. The van der Waals surface area contributed by atoms with Crippen molar-refractivity contribution in [1.82, 2.24) is 0 Å². The Balaban J connectivity index is 2.18. The molecule has 6 atom stereocenters. The lowest BCUT2D eigenvalue weighted by Gasteiger charge is -2.43. The largest absolute Gasteiger partial charge is 0.398 e. The monoisotopic (exact) mass is 397 g/mol. The molecule has 0 aromatic heterocycles. The number of carbonyl (C=O) groups excluding carboxylic acids is 1. The van der Waals surface area contributed by atoms with Crippen LogP contribution in [-0.2, 0) is 0 Å². The fourth-order valence-electron chi connectivity index (χ4n) is 6.67. The molecule has 6 unspecified atom stereocenters. The standard InChI is InChI=1S/C27H43NO/c1-16(2)21-10-7-18(5)13-23(21)26-20(15-29)9-12-25(28)27(26)24-14-19(6)8-11-22(24)17(3)4/h9,12,15-19,21-24H,7-8,10-11,13-14,28H2,1-6H3. The highest BCUT2D eigenvalue weighted by Gasteiger charge is 2.39. The van der Waals surface area contributed by atoms with Gasteiger partial charge in [0.2, 0.25) is 0 Å². The van der Waals surface area contributed by atoms with E-state index in [1.807, 2.05) is 12.1 Å². The van der Waals surface area contributed by atoms with E-state index >= 15 is 0 Å². The van der Waals surface area contributed by atoms with Crippen LogP contribution in [0.15, 0.2) is 12.1 Å². The Hall–Kier alpha value is -1.31. The predicted molar refractivity (Wildman–Crippen MR) is 124 cm³/mol. The van der Waals surface area contributed by atoms with Gasteiger partial charge in [-0.3, -0.25) is 4.79 Å². The average molecular weight is 398 g/mol. The van der Waals surface area contributed by atoms with E-state index in [9.17, 15) is 4.79 Å². The molecule has 29 heavy (non-hydrogen) atoms. The van der Waals surface area contributed by atoms with Gasteiger partial charge in [0, 0.05) is 11.3 Å². The van der Waals surface area contributed by atoms with Crippen molar-refractivity contribution in [2.24, 2.45) is 35.5 Å². The maximum absolute atomic E-state index is 12.2. The highest BCUT2D eigenvalue weighted by atomic mass is 16.1. The normalized spacial score (nSPS) is 33.2. The summed E-state index contributed by atoms with van der Waals surface area (Å²) in [4.78, 5) is 12.2. The summed E-state index contributed by atoms with van der Waals surface area (Å²) in [7, 11) is 0. The Labute approximate surface area is 179 Å². The van der Waals surface area contributed by atoms with Crippen LogP contribution in [0.25, 0.3) is 0 Å². The highest BCUT2D eigenvalue weighted by molar-refractivity contribution is 5.81. The van der Waals surface area contributed by atoms with Crippen LogP contribution in [0.2, 0.25) is 0 Å². The van der Waals surface area contributed by atoms with Gasteiger partial charge in [0.25, 0.3) is 0 Å². The number of hydrogen-bond acceptors (Lipinski definition) is 2. The zero-order valence-corrected chi connectivity index (χ0v) is 19.6. The van der Waals surface area contributed by atoms with E-state index in [1.54, 1.807) is 0 Å². The van der Waals surface area contributed by atoms with Gasteiger partial charge >= 0.3 is 0 Å². The number of nitrogens with two attached hydrogens (primary N) is 1. The van der Waals surface area contributed by atoms with Crippen molar-refractivity contribution < 1.29 is 4.79 Å². The highest BCUT2D eigenvalue weighted by Crippen LogP contribution is 2.52. The first-order chi connectivity index (χ1) is 13.7. The van der Waals surface area contributed by atoms with E-state index in [2.05, 4.69) is 41.5 Å². The number of nitrogen functional groups attached to an aromatic ring is 1. The number of hydrogen-bond donors (Lipinski definition) is 1. The fraction of sp³-hybridized carbons (Fsp3) is 0.741. The maximum atomic E-state index is 12.2. The van der Waals surface area contributed by atoms with Gasteiger partial charge in [-0.1, -0.05) is 54.4 Å². The third kappa shape index (κ3) is 4.57. The second kappa shape index (κ2) is 9.23. The summed E-state index contributed by atoms with van der Waals surface area (Å²) in [5, 5.41) is 0. The molecule has 2 nitrogen and oxygen atoms in total. The van der Waals surface area contributed by atoms with Gasteiger partial charge in [0.05, 0.1) is 0 Å². The van der Waals surface area contributed by atoms with E-state index in [4.69, 9.17) is 5.73 Å². The van der Waals surface area contributed by atoms with Crippen LogP contribution in [0, 0.1) is 35.5 Å². The first kappa shape index (κ1) is 22.4. The summed E-state index contributed by atoms with van der Waals surface area (Å²) < 4.78 is 0. The average Bonchev–Trinajstić information content (AvgIpc) is 2.67. The first-order valence-electron chi connectivity index (χ1n) is 12.1. The van der Waals surface area contributed by atoms with E-state index in [1.165, 1.54) is 49.7 Å². The number of carbonyl (C=O) groups is 1. The van der Waals surface area contributed by atoms with Crippen molar-refractivity contribution in [3.05, 3.63) is 28.8 Å². The Kier molecular flexibility index (Phi) is 7.12. The summed E-state index contributed by atoms with van der Waals surface area (Å²) >= 11 is 0. The van der Waals surface area contributed by atoms with Crippen LogP contribution in [0.5, 0.6) is 0 Å². The molecule has 0 radical (unpaired) electrons. The molecule has 2 fully saturated rings. The third-order valence-electron chi connectivity index (χ3n) is 8.27. The predicted octanol–water partition coefficient (Wildman–Crippen LogP) is 7.43. The topological polar surface area (TPSA) is 43.1 Å². The number of rotatable bonds is 5. The van der Waals surface area contributed by atoms with Crippen LogP contribution in [0.3, 0.4) is 0 Å². The van der Waals surface area contributed by atoms with Gasteiger partial charge in [-0.25, -0.2) is 0 Å². The molecule has 0 aliphatic heterocycles. The molecule has 0 heterocycles. The molecule has 0 amide bonds. The molecule has 0 spiro atoms. The van der Waals surface area contributed by atoms with E-state index in [0.717, 1.165) is 29.4 Å². The third-order valence-corrected chi connectivity index (χ3v) is 8.27. The fourth-order valence-corrected chi connectivity index (χ4v) is 6.67. The molecular formula is C27H43NO. The van der Waals surface area contributed by atoms with Gasteiger partial charge in [-0.2, -0.15) is 0 Å². The second-order valence-electron chi connectivity index (χ2n) is 11.1. The van der Waals surface area contributed by atoms with Gasteiger partial charge in [0.1, 0.15) is 6.29 Å². The van der Waals surface area contributed by atoms with Crippen LogP contribution in [-0.4, -0.2) is 6.29 Å². The summed E-state index contributed by atoms with van der Waals surface area (Å²) in [6.45, 7) is 14.2. The molecule has 2 heteroatoms. The van der Waals surface area contributed by atoms with Gasteiger partial charge < -0.3 is 5.73 Å². The number of aldehydes is 1. The van der Waals surface area contributed by atoms with Crippen LogP contribution in [0.1, 0.15) is 113 Å². The van der Waals surface area contributed by atoms with E-state index in [-0.39, 0.29) is 0 Å². The smallest absolute Gasteiger partial charge is 0.150 e. The zero-order chi connectivity index (χ0) is 21.3. The molecule has 2 aliphatic rings. The zero-order valence-electron chi connectivity index (χ0n) is 19.6. The molecule has 162 valence electrons. The minimum atomic E-state index is 0.461. The lowest BCUT2D eigenvalue weighted by atomic mass is 9.61. The van der Waals surface area contributed by atoms with Gasteiger partial charge in [-0.05, 0) is 96.3 Å². The van der Waals surface area contributed by atoms with E-state index < -0.39 is 0 Å². The molecule has 0 bridgehead atoms. The minimum absolute atomic E-state index is 0.461. The van der Waals surface area contributed by atoms with Crippen LogP contribution < -0.4 is 5.73 Å². The minimum Gasteiger partial charge on any atom is -0.398 e. The van der Waals surface area contributed by atoms with Crippen molar-refractivity contribution >= 4 is 12.0 Å². The van der Waals surface area contributed by atoms with Gasteiger partial charge in [0.15, 0.2) is 0 Å². The number of anilines is 1. The van der Waals surface area contributed by atoms with Crippen molar-refractivity contribution in [1.29, 1.82) is 0 Å². The van der Waals surface area contributed by atoms with Crippen molar-refractivity contribution in [3.8, 4) is 0 Å². The Bertz CT molecular complexity index is 707. The van der Waals surface area contributed by atoms with Crippen LogP contribution >= 0.6 is 0 Å². The number of benzene rings is 1. The van der Waals surface area contributed by atoms with Crippen molar-refractivity contribution in [3.63, 3.8) is 0 Å². The Morgan fingerprint density at radius 2 is 1.31 bits per heavy atom. The quantitative estimate of drug-likeness (QED) is 0.414. The SMILES string of the molecule is CC1CCC(C(C)C)C(c2c(N)ccc(C=O)c2C2CC(C)CCC2C(C)C)C1. The molecule has 1 aromatic rings. The maximum Gasteiger partial charge on any atom is 0.150 e.